The topological polar surface area (TPSA) is 83.6 Å². The second kappa shape index (κ2) is 5.90. The molecule has 0 aliphatic heterocycles. The largest absolute Gasteiger partial charge is 0.352 e. The fourth-order valence-electron chi connectivity index (χ4n) is 1.57. The van der Waals surface area contributed by atoms with E-state index in [2.05, 4.69) is 25.9 Å². The van der Waals surface area contributed by atoms with E-state index in [1.54, 1.807) is 0 Å². The van der Waals surface area contributed by atoms with Gasteiger partial charge in [0.2, 0.25) is 11.7 Å². The van der Waals surface area contributed by atoms with Crippen LogP contribution in [0.1, 0.15) is 25.3 Å². The molecule has 0 unspecified atom stereocenters. The number of hydrogen-bond acceptors (Lipinski definition) is 4. The van der Waals surface area contributed by atoms with Gasteiger partial charge in [0.05, 0.1) is 0 Å². The maximum Gasteiger partial charge on any atom is 0.220 e. The van der Waals surface area contributed by atoms with Crippen LogP contribution in [0.4, 0.5) is 0 Å². The Kier molecular flexibility index (Phi) is 4.01. The number of tetrazole rings is 1. The van der Waals surface area contributed by atoms with Crippen molar-refractivity contribution in [2.24, 2.45) is 0 Å². The third kappa shape index (κ3) is 3.13. The molecule has 0 aliphatic rings. The van der Waals surface area contributed by atoms with E-state index in [-0.39, 0.29) is 5.91 Å². The molecule has 0 saturated carbocycles. The van der Waals surface area contributed by atoms with E-state index in [0.29, 0.717) is 18.8 Å². The zero-order chi connectivity index (χ0) is 12.8. The van der Waals surface area contributed by atoms with Crippen molar-refractivity contribution in [2.75, 3.05) is 0 Å². The van der Waals surface area contributed by atoms with Crippen LogP contribution in [0.15, 0.2) is 24.3 Å². The van der Waals surface area contributed by atoms with Crippen molar-refractivity contribution < 1.29 is 4.79 Å². The van der Waals surface area contributed by atoms with E-state index in [9.17, 15) is 4.79 Å². The van der Waals surface area contributed by atoms with Crippen LogP contribution in [0.2, 0.25) is 0 Å². The molecule has 1 heterocycles. The Morgan fingerprint density at radius 2 is 2.11 bits per heavy atom. The van der Waals surface area contributed by atoms with Crippen LogP contribution in [-0.2, 0) is 11.3 Å². The van der Waals surface area contributed by atoms with Gasteiger partial charge in [0.1, 0.15) is 0 Å². The van der Waals surface area contributed by atoms with Gasteiger partial charge in [-0.3, -0.25) is 4.79 Å². The van der Waals surface area contributed by atoms with Crippen LogP contribution in [0.25, 0.3) is 11.4 Å². The highest BCUT2D eigenvalue weighted by Crippen LogP contribution is 2.13. The van der Waals surface area contributed by atoms with E-state index >= 15 is 0 Å². The molecule has 0 radical (unpaired) electrons. The summed E-state index contributed by atoms with van der Waals surface area (Å²) in [6.07, 6.45) is 1.43. The molecule has 2 rings (SSSR count). The minimum atomic E-state index is 0.0831. The molecule has 1 amide bonds. The Balaban J connectivity index is 1.94. The van der Waals surface area contributed by atoms with Crippen LogP contribution in [-0.4, -0.2) is 26.5 Å². The van der Waals surface area contributed by atoms with Crippen LogP contribution >= 0.6 is 0 Å². The van der Waals surface area contributed by atoms with E-state index in [1.165, 1.54) is 0 Å². The number of aromatic nitrogens is 4. The monoisotopic (exact) mass is 245 g/mol. The summed E-state index contributed by atoms with van der Waals surface area (Å²) >= 11 is 0. The van der Waals surface area contributed by atoms with Crippen molar-refractivity contribution in [2.45, 2.75) is 26.3 Å². The number of benzene rings is 1. The Hall–Kier alpha value is -2.24. The van der Waals surface area contributed by atoms with Gasteiger partial charge in [0.15, 0.2) is 0 Å². The lowest BCUT2D eigenvalue weighted by Crippen LogP contribution is -2.21. The molecule has 2 N–H and O–H groups in total. The number of aromatic amines is 1. The fraction of sp³-hybridized carbons (Fsp3) is 0.333. The van der Waals surface area contributed by atoms with E-state index < -0.39 is 0 Å². The van der Waals surface area contributed by atoms with Gasteiger partial charge in [-0.2, -0.15) is 5.21 Å². The van der Waals surface area contributed by atoms with Crippen molar-refractivity contribution in [1.29, 1.82) is 0 Å². The zero-order valence-corrected chi connectivity index (χ0v) is 10.2. The average molecular weight is 245 g/mol. The van der Waals surface area contributed by atoms with Crippen LogP contribution < -0.4 is 5.32 Å². The average Bonchev–Trinajstić information content (AvgIpc) is 2.91. The molecule has 0 spiro atoms. The van der Waals surface area contributed by atoms with Gasteiger partial charge in [-0.25, -0.2) is 0 Å². The number of rotatable bonds is 5. The van der Waals surface area contributed by atoms with Crippen molar-refractivity contribution in [3.8, 4) is 11.4 Å². The summed E-state index contributed by atoms with van der Waals surface area (Å²) in [6, 6.07) is 7.70. The predicted molar refractivity (Wildman–Crippen MR) is 66.4 cm³/mol. The minimum absolute atomic E-state index is 0.0831. The summed E-state index contributed by atoms with van der Waals surface area (Å²) in [5.74, 6) is 0.649. The van der Waals surface area contributed by atoms with Crippen LogP contribution in [0.5, 0.6) is 0 Å². The van der Waals surface area contributed by atoms with Crippen molar-refractivity contribution in [3.63, 3.8) is 0 Å². The van der Waals surface area contributed by atoms with Crippen LogP contribution in [0, 0.1) is 0 Å². The van der Waals surface area contributed by atoms with Gasteiger partial charge >= 0.3 is 0 Å². The maximum absolute atomic E-state index is 11.3. The molecule has 0 bridgehead atoms. The first-order chi connectivity index (χ1) is 8.79. The molecule has 2 aromatic rings. The first kappa shape index (κ1) is 12.2. The summed E-state index contributed by atoms with van der Waals surface area (Å²) in [4.78, 5) is 11.3. The minimum Gasteiger partial charge on any atom is -0.352 e. The highest BCUT2D eigenvalue weighted by molar-refractivity contribution is 5.75. The molecule has 0 saturated heterocycles. The summed E-state index contributed by atoms with van der Waals surface area (Å²) < 4.78 is 0. The number of carbonyl (C=O) groups excluding carboxylic acids is 1. The first-order valence-electron chi connectivity index (χ1n) is 5.89. The van der Waals surface area contributed by atoms with Gasteiger partial charge in [0.25, 0.3) is 0 Å². The number of hydrogen-bond donors (Lipinski definition) is 2. The molecule has 1 aromatic carbocycles. The highest BCUT2D eigenvalue weighted by Gasteiger charge is 2.03. The predicted octanol–water partition coefficient (Wildman–Crippen LogP) is 1.28. The Morgan fingerprint density at radius 1 is 1.33 bits per heavy atom. The van der Waals surface area contributed by atoms with Gasteiger partial charge < -0.3 is 5.32 Å². The summed E-state index contributed by atoms with van der Waals surface area (Å²) in [6.45, 7) is 2.53. The molecule has 6 heteroatoms. The molecule has 0 aliphatic carbocycles. The lowest BCUT2D eigenvalue weighted by Gasteiger charge is -2.04. The molecule has 1 aromatic heterocycles. The lowest BCUT2D eigenvalue weighted by atomic mass is 10.1. The standard InChI is InChI=1S/C12H15N5O/c1-2-3-11(18)13-8-9-4-6-10(7-5-9)12-14-16-17-15-12/h4-7H,2-3,8H2,1H3,(H,13,18)(H,14,15,16,17). The van der Waals surface area contributed by atoms with Gasteiger partial charge in [-0.15, -0.1) is 10.2 Å². The summed E-state index contributed by atoms with van der Waals surface area (Å²) in [7, 11) is 0. The van der Waals surface area contributed by atoms with Crippen LogP contribution in [0.3, 0.4) is 0 Å². The van der Waals surface area contributed by atoms with Gasteiger partial charge in [0, 0.05) is 18.5 Å². The fourth-order valence-corrected chi connectivity index (χ4v) is 1.57. The van der Waals surface area contributed by atoms with E-state index in [1.807, 2.05) is 31.2 Å². The SMILES string of the molecule is CCCC(=O)NCc1ccc(-c2nn[nH]n2)cc1. The number of H-pyrrole nitrogens is 1. The quantitative estimate of drug-likeness (QED) is 0.831. The van der Waals surface area contributed by atoms with Gasteiger partial charge in [-0.05, 0) is 17.2 Å². The third-order valence-electron chi connectivity index (χ3n) is 2.52. The Bertz CT molecular complexity index is 492. The second-order valence-electron chi connectivity index (χ2n) is 3.96. The maximum atomic E-state index is 11.3. The molecular formula is C12H15N5O. The van der Waals surface area contributed by atoms with E-state index in [0.717, 1.165) is 17.5 Å². The molecule has 6 nitrogen and oxygen atoms in total. The van der Waals surface area contributed by atoms with Gasteiger partial charge in [-0.1, -0.05) is 31.2 Å². The summed E-state index contributed by atoms with van der Waals surface area (Å²) in [5.41, 5.74) is 1.94. The molecule has 0 atom stereocenters. The molecule has 0 fully saturated rings. The van der Waals surface area contributed by atoms with Crippen molar-refractivity contribution >= 4 is 5.91 Å². The zero-order valence-electron chi connectivity index (χ0n) is 10.2. The third-order valence-corrected chi connectivity index (χ3v) is 2.52. The highest BCUT2D eigenvalue weighted by atomic mass is 16.1. The Morgan fingerprint density at radius 3 is 2.72 bits per heavy atom. The number of carbonyl (C=O) groups is 1. The van der Waals surface area contributed by atoms with E-state index in [4.69, 9.17) is 0 Å². The van der Waals surface area contributed by atoms with Crippen molar-refractivity contribution in [1.82, 2.24) is 25.9 Å². The molecule has 18 heavy (non-hydrogen) atoms. The number of nitrogens with zero attached hydrogens (tertiary/aromatic N) is 3. The molecule has 94 valence electrons. The summed E-state index contributed by atoms with van der Waals surface area (Å²) in [5, 5.41) is 16.6. The number of amides is 1. The second-order valence-corrected chi connectivity index (χ2v) is 3.96. The van der Waals surface area contributed by atoms with Crippen molar-refractivity contribution in [3.05, 3.63) is 29.8 Å². The normalized spacial score (nSPS) is 10.3. The Labute approximate surface area is 105 Å². The first-order valence-corrected chi connectivity index (χ1v) is 5.89. The molecular weight excluding hydrogens is 230 g/mol. The smallest absolute Gasteiger partial charge is 0.220 e. The lowest BCUT2D eigenvalue weighted by molar-refractivity contribution is -0.121. The number of nitrogens with one attached hydrogen (secondary N) is 2.